The Hall–Kier alpha value is -2.95. The van der Waals surface area contributed by atoms with E-state index in [2.05, 4.69) is 10.3 Å². The van der Waals surface area contributed by atoms with E-state index in [-0.39, 0.29) is 5.75 Å². The van der Waals surface area contributed by atoms with Crippen molar-refractivity contribution in [3.63, 3.8) is 0 Å². The number of hydrogen-bond acceptors (Lipinski definition) is 3. The molecule has 5 nitrogen and oxygen atoms in total. The molecule has 0 aliphatic carbocycles. The SMILES string of the molecule is CNc1ccc(-c2c(C(N)=O)[nH]c3cc(O)ccc23)cc1. The molecule has 0 unspecified atom stereocenters. The van der Waals surface area contributed by atoms with Gasteiger partial charge in [-0.25, -0.2) is 0 Å². The number of anilines is 1. The maximum atomic E-state index is 11.7. The van der Waals surface area contributed by atoms with E-state index in [0.717, 1.165) is 22.2 Å². The second-order valence-electron chi connectivity index (χ2n) is 4.80. The number of aromatic hydroxyl groups is 1. The minimum Gasteiger partial charge on any atom is -0.508 e. The van der Waals surface area contributed by atoms with Crippen molar-refractivity contribution in [3.8, 4) is 16.9 Å². The number of carbonyl (C=O) groups excluding carboxylic acids is 1. The summed E-state index contributed by atoms with van der Waals surface area (Å²) in [5, 5.41) is 13.5. The fourth-order valence-electron chi connectivity index (χ4n) is 2.47. The lowest BCUT2D eigenvalue weighted by atomic mass is 10.0. The molecule has 1 amide bonds. The first-order valence-corrected chi connectivity index (χ1v) is 6.53. The lowest BCUT2D eigenvalue weighted by molar-refractivity contribution is 0.0997. The molecule has 2 aromatic carbocycles. The molecule has 21 heavy (non-hydrogen) atoms. The van der Waals surface area contributed by atoms with Crippen molar-refractivity contribution in [3.05, 3.63) is 48.2 Å². The van der Waals surface area contributed by atoms with E-state index >= 15 is 0 Å². The molecule has 0 bridgehead atoms. The van der Waals surface area contributed by atoms with Crippen LogP contribution < -0.4 is 11.1 Å². The summed E-state index contributed by atoms with van der Waals surface area (Å²) in [4.78, 5) is 14.7. The van der Waals surface area contributed by atoms with Crippen LogP contribution in [0, 0.1) is 0 Å². The zero-order chi connectivity index (χ0) is 15.0. The lowest BCUT2D eigenvalue weighted by Gasteiger charge is -2.05. The van der Waals surface area contributed by atoms with Crippen molar-refractivity contribution in [2.45, 2.75) is 0 Å². The number of rotatable bonds is 3. The van der Waals surface area contributed by atoms with Gasteiger partial charge in [0, 0.05) is 29.8 Å². The van der Waals surface area contributed by atoms with Gasteiger partial charge in [0.15, 0.2) is 0 Å². The number of H-pyrrole nitrogens is 1. The number of phenolic OH excluding ortho intramolecular Hbond substituents is 1. The van der Waals surface area contributed by atoms with Gasteiger partial charge in [-0.3, -0.25) is 4.79 Å². The van der Waals surface area contributed by atoms with Gasteiger partial charge in [-0.1, -0.05) is 12.1 Å². The number of phenols is 1. The van der Waals surface area contributed by atoms with E-state index in [9.17, 15) is 9.90 Å². The van der Waals surface area contributed by atoms with Crippen LogP contribution in [0.4, 0.5) is 5.69 Å². The zero-order valence-electron chi connectivity index (χ0n) is 11.5. The smallest absolute Gasteiger partial charge is 0.265 e. The van der Waals surface area contributed by atoms with Crippen LogP contribution in [0.1, 0.15) is 10.5 Å². The number of nitrogens with two attached hydrogens (primary N) is 1. The molecule has 5 heteroatoms. The summed E-state index contributed by atoms with van der Waals surface area (Å²) >= 11 is 0. The molecular formula is C16H15N3O2. The maximum absolute atomic E-state index is 11.7. The van der Waals surface area contributed by atoms with Crippen LogP contribution in [0.15, 0.2) is 42.5 Å². The summed E-state index contributed by atoms with van der Waals surface area (Å²) in [7, 11) is 1.85. The van der Waals surface area contributed by atoms with E-state index in [4.69, 9.17) is 5.73 Å². The van der Waals surface area contributed by atoms with Crippen molar-refractivity contribution in [2.75, 3.05) is 12.4 Å². The van der Waals surface area contributed by atoms with Crippen molar-refractivity contribution >= 4 is 22.5 Å². The predicted molar refractivity (Wildman–Crippen MR) is 83.5 cm³/mol. The van der Waals surface area contributed by atoms with Crippen LogP contribution in [0.25, 0.3) is 22.0 Å². The average molecular weight is 281 g/mol. The molecule has 106 valence electrons. The van der Waals surface area contributed by atoms with E-state index in [1.54, 1.807) is 18.2 Å². The third-order valence-corrected chi connectivity index (χ3v) is 3.49. The van der Waals surface area contributed by atoms with Crippen LogP contribution in [0.5, 0.6) is 5.75 Å². The second-order valence-corrected chi connectivity index (χ2v) is 4.80. The van der Waals surface area contributed by atoms with Gasteiger partial charge in [0.2, 0.25) is 0 Å². The molecule has 0 saturated heterocycles. The molecule has 0 aliphatic heterocycles. The Morgan fingerprint density at radius 1 is 1.19 bits per heavy atom. The molecule has 3 rings (SSSR count). The van der Waals surface area contributed by atoms with Gasteiger partial charge in [0.05, 0.1) is 5.52 Å². The first kappa shape index (κ1) is 13.1. The van der Waals surface area contributed by atoms with Crippen LogP contribution in [0.3, 0.4) is 0 Å². The number of primary amides is 1. The van der Waals surface area contributed by atoms with Gasteiger partial charge in [-0.05, 0) is 29.8 Å². The summed E-state index contributed by atoms with van der Waals surface area (Å²) in [6.45, 7) is 0. The first-order valence-electron chi connectivity index (χ1n) is 6.53. The van der Waals surface area contributed by atoms with Crippen LogP contribution in [-0.2, 0) is 0 Å². The molecule has 3 aromatic rings. The van der Waals surface area contributed by atoms with Crippen molar-refractivity contribution in [1.29, 1.82) is 0 Å². The monoisotopic (exact) mass is 281 g/mol. The Bertz CT molecular complexity index is 819. The van der Waals surface area contributed by atoms with Gasteiger partial charge in [-0.15, -0.1) is 0 Å². The quantitative estimate of drug-likeness (QED) is 0.595. The summed E-state index contributed by atoms with van der Waals surface area (Å²) in [5.41, 5.74) is 9.10. The van der Waals surface area contributed by atoms with E-state index < -0.39 is 5.91 Å². The number of aromatic amines is 1. The van der Waals surface area contributed by atoms with E-state index in [1.165, 1.54) is 0 Å². The number of amides is 1. The van der Waals surface area contributed by atoms with Gasteiger partial charge >= 0.3 is 0 Å². The average Bonchev–Trinajstić information content (AvgIpc) is 2.86. The highest BCUT2D eigenvalue weighted by atomic mass is 16.3. The highest BCUT2D eigenvalue weighted by Crippen LogP contribution is 2.34. The Morgan fingerprint density at radius 2 is 1.90 bits per heavy atom. The number of aromatic nitrogens is 1. The van der Waals surface area contributed by atoms with Gasteiger partial charge in [0.1, 0.15) is 11.4 Å². The van der Waals surface area contributed by atoms with Gasteiger partial charge in [-0.2, -0.15) is 0 Å². The topological polar surface area (TPSA) is 91.1 Å². The number of benzene rings is 2. The lowest BCUT2D eigenvalue weighted by Crippen LogP contribution is -2.12. The minimum atomic E-state index is -0.529. The number of carbonyl (C=O) groups is 1. The largest absolute Gasteiger partial charge is 0.508 e. The van der Waals surface area contributed by atoms with Crippen LogP contribution >= 0.6 is 0 Å². The molecule has 5 N–H and O–H groups in total. The Morgan fingerprint density at radius 3 is 2.52 bits per heavy atom. The molecule has 0 radical (unpaired) electrons. The standard InChI is InChI=1S/C16H15N3O2/c1-18-10-4-2-9(3-5-10)14-12-7-6-11(20)8-13(12)19-15(14)16(17)21/h2-8,18-20H,1H3,(H2,17,21). The third-order valence-electron chi connectivity index (χ3n) is 3.49. The third kappa shape index (κ3) is 2.18. The Balaban J connectivity index is 2.27. The van der Waals surface area contributed by atoms with Crippen LogP contribution in [-0.4, -0.2) is 23.0 Å². The van der Waals surface area contributed by atoms with Gasteiger partial charge in [0.25, 0.3) is 5.91 Å². The molecule has 0 aliphatic rings. The minimum absolute atomic E-state index is 0.136. The molecular weight excluding hydrogens is 266 g/mol. The Kier molecular flexibility index (Phi) is 3.02. The highest BCUT2D eigenvalue weighted by Gasteiger charge is 2.17. The first-order chi connectivity index (χ1) is 10.1. The molecule has 0 spiro atoms. The summed E-state index contributed by atoms with van der Waals surface area (Å²) in [5.74, 6) is -0.393. The molecule has 1 aromatic heterocycles. The van der Waals surface area contributed by atoms with E-state index in [0.29, 0.717) is 11.2 Å². The Labute approximate surface area is 121 Å². The molecule has 0 atom stereocenters. The molecule has 1 heterocycles. The number of fused-ring (bicyclic) bond motifs is 1. The van der Waals surface area contributed by atoms with Crippen LogP contribution in [0.2, 0.25) is 0 Å². The highest BCUT2D eigenvalue weighted by molar-refractivity contribution is 6.09. The second kappa shape index (κ2) is 4.86. The molecule has 0 saturated carbocycles. The summed E-state index contributed by atoms with van der Waals surface area (Å²) < 4.78 is 0. The normalized spacial score (nSPS) is 10.7. The van der Waals surface area contributed by atoms with Crippen molar-refractivity contribution < 1.29 is 9.90 Å². The predicted octanol–water partition coefficient (Wildman–Crippen LogP) is 2.68. The zero-order valence-corrected chi connectivity index (χ0v) is 11.5. The summed E-state index contributed by atoms with van der Waals surface area (Å²) in [6, 6.07) is 12.6. The fourth-order valence-corrected chi connectivity index (χ4v) is 2.47. The van der Waals surface area contributed by atoms with Crippen molar-refractivity contribution in [2.24, 2.45) is 5.73 Å². The number of hydrogen-bond donors (Lipinski definition) is 4. The van der Waals surface area contributed by atoms with E-state index in [1.807, 2.05) is 31.3 Å². The van der Waals surface area contributed by atoms with Crippen molar-refractivity contribution in [1.82, 2.24) is 4.98 Å². The summed E-state index contributed by atoms with van der Waals surface area (Å²) in [6.07, 6.45) is 0. The fraction of sp³-hybridized carbons (Fsp3) is 0.0625. The molecule has 0 fully saturated rings. The van der Waals surface area contributed by atoms with Gasteiger partial charge < -0.3 is 21.1 Å². The number of nitrogens with one attached hydrogen (secondary N) is 2. The maximum Gasteiger partial charge on any atom is 0.265 e.